The summed E-state index contributed by atoms with van der Waals surface area (Å²) in [7, 11) is 3.02. The van der Waals surface area contributed by atoms with Crippen LogP contribution in [0.2, 0.25) is 0 Å². The van der Waals surface area contributed by atoms with Crippen molar-refractivity contribution in [3.05, 3.63) is 29.3 Å². The van der Waals surface area contributed by atoms with Gasteiger partial charge in [-0.05, 0) is 38.3 Å². The summed E-state index contributed by atoms with van der Waals surface area (Å²) in [6.07, 6.45) is 1.07. The second kappa shape index (κ2) is 9.87. The van der Waals surface area contributed by atoms with Crippen molar-refractivity contribution in [2.24, 2.45) is 0 Å². The molecule has 0 aliphatic rings. The molecule has 1 amide bonds. The van der Waals surface area contributed by atoms with Crippen molar-refractivity contribution in [2.75, 3.05) is 14.2 Å². The van der Waals surface area contributed by atoms with Gasteiger partial charge in [0.25, 0.3) is 0 Å². The SMILES string of the molecule is CCC(CC)(NC(C)=O)C(=O)OC.COc1ccc(C)cc1C. The number of ether oxygens (including phenoxy) is 2. The summed E-state index contributed by atoms with van der Waals surface area (Å²) in [4.78, 5) is 22.3. The average molecular weight is 323 g/mol. The fourth-order valence-electron chi connectivity index (χ4n) is 2.33. The molecule has 0 atom stereocenters. The van der Waals surface area contributed by atoms with E-state index in [9.17, 15) is 9.59 Å². The highest BCUT2D eigenvalue weighted by Gasteiger charge is 2.36. The molecule has 0 saturated carbocycles. The van der Waals surface area contributed by atoms with Crippen LogP contribution in [-0.4, -0.2) is 31.6 Å². The highest BCUT2D eigenvalue weighted by Crippen LogP contribution is 2.17. The summed E-state index contributed by atoms with van der Waals surface area (Å²) in [6.45, 7) is 9.20. The van der Waals surface area contributed by atoms with Crippen LogP contribution in [0.1, 0.15) is 44.7 Å². The second-order valence-corrected chi connectivity index (χ2v) is 5.44. The number of rotatable bonds is 5. The number of nitrogens with one attached hydrogen (secondary N) is 1. The van der Waals surface area contributed by atoms with E-state index in [2.05, 4.69) is 23.0 Å². The normalized spacial score (nSPS) is 10.2. The molecular weight excluding hydrogens is 294 g/mol. The molecule has 0 aliphatic carbocycles. The van der Waals surface area contributed by atoms with Gasteiger partial charge >= 0.3 is 5.97 Å². The zero-order valence-electron chi connectivity index (χ0n) is 15.3. The molecule has 1 N–H and O–H groups in total. The van der Waals surface area contributed by atoms with Crippen molar-refractivity contribution in [1.29, 1.82) is 0 Å². The first-order valence-electron chi connectivity index (χ1n) is 7.74. The third kappa shape index (κ3) is 6.30. The third-order valence-electron chi connectivity index (χ3n) is 3.75. The Kier molecular flexibility index (Phi) is 9.00. The highest BCUT2D eigenvalue weighted by molar-refractivity contribution is 5.87. The van der Waals surface area contributed by atoms with Gasteiger partial charge in [0, 0.05) is 6.92 Å². The standard InChI is InChI=1S/C9H17NO3.C9H12O/c1-5-9(6-2,8(12)13-4)10-7(3)11;1-7-4-5-9(10-3)8(2)6-7/h5-6H2,1-4H3,(H,10,11);4-6H,1-3H3. The molecule has 0 bridgehead atoms. The molecule has 0 aliphatic heterocycles. The van der Waals surface area contributed by atoms with Gasteiger partial charge in [0.15, 0.2) is 0 Å². The quantitative estimate of drug-likeness (QED) is 0.845. The van der Waals surface area contributed by atoms with Gasteiger partial charge in [0.1, 0.15) is 11.3 Å². The molecule has 0 heterocycles. The predicted molar refractivity (Wildman–Crippen MR) is 91.6 cm³/mol. The maximum absolute atomic E-state index is 11.4. The number of amides is 1. The van der Waals surface area contributed by atoms with Crippen LogP contribution in [0.15, 0.2) is 18.2 Å². The third-order valence-corrected chi connectivity index (χ3v) is 3.75. The van der Waals surface area contributed by atoms with Gasteiger partial charge in [0.05, 0.1) is 14.2 Å². The number of hydrogen-bond acceptors (Lipinski definition) is 4. The summed E-state index contributed by atoms with van der Waals surface area (Å²) in [5.41, 5.74) is 1.63. The molecule has 1 aromatic carbocycles. The van der Waals surface area contributed by atoms with Gasteiger partial charge in [-0.15, -0.1) is 0 Å². The van der Waals surface area contributed by atoms with Gasteiger partial charge in [-0.1, -0.05) is 31.5 Å². The van der Waals surface area contributed by atoms with Crippen molar-refractivity contribution in [1.82, 2.24) is 5.32 Å². The van der Waals surface area contributed by atoms with Crippen molar-refractivity contribution < 1.29 is 19.1 Å². The van der Waals surface area contributed by atoms with Crippen LogP contribution in [0.3, 0.4) is 0 Å². The number of benzene rings is 1. The Balaban J connectivity index is 0.000000433. The van der Waals surface area contributed by atoms with Crippen LogP contribution in [0.4, 0.5) is 0 Å². The zero-order chi connectivity index (χ0) is 18.0. The first-order valence-corrected chi connectivity index (χ1v) is 7.74. The second-order valence-electron chi connectivity index (χ2n) is 5.44. The molecule has 0 aromatic heterocycles. The van der Waals surface area contributed by atoms with E-state index in [1.54, 1.807) is 7.11 Å². The van der Waals surface area contributed by atoms with Crippen LogP contribution < -0.4 is 10.1 Å². The summed E-state index contributed by atoms with van der Waals surface area (Å²) in [5.74, 6) is 0.368. The van der Waals surface area contributed by atoms with E-state index >= 15 is 0 Å². The molecule has 0 unspecified atom stereocenters. The average Bonchev–Trinajstić information content (AvgIpc) is 2.52. The predicted octanol–water partition coefficient (Wildman–Crippen LogP) is 3.17. The summed E-state index contributed by atoms with van der Waals surface area (Å²) >= 11 is 0. The summed E-state index contributed by atoms with van der Waals surface area (Å²) in [6, 6.07) is 6.15. The van der Waals surface area contributed by atoms with Gasteiger partial charge < -0.3 is 14.8 Å². The van der Waals surface area contributed by atoms with E-state index in [1.807, 2.05) is 32.9 Å². The minimum Gasteiger partial charge on any atom is -0.496 e. The smallest absolute Gasteiger partial charge is 0.331 e. The van der Waals surface area contributed by atoms with Crippen molar-refractivity contribution >= 4 is 11.9 Å². The molecule has 130 valence electrons. The maximum Gasteiger partial charge on any atom is 0.331 e. The number of carbonyl (C=O) groups excluding carboxylic acids is 2. The lowest BCUT2D eigenvalue weighted by molar-refractivity contribution is -0.151. The van der Waals surface area contributed by atoms with E-state index in [0.29, 0.717) is 12.8 Å². The fraction of sp³-hybridized carbons (Fsp3) is 0.556. The molecule has 0 saturated heterocycles. The fourth-order valence-corrected chi connectivity index (χ4v) is 2.33. The monoisotopic (exact) mass is 323 g/mol. The van der Waals surface area contributed by atoms with Gasteiger partial charge in [-0.3, -0.25) is 4.79 Å². The Bertz CT molecular complexity index is 522. The molecule has 5 nitrogen and oxygen atoms in total. The van der Waals surface area contributed by atoms with E-state index in [1.165, 1.54) is 25.2 Å². The minimum absolute atomic E-state index is 0.214. The first-order chi connectivity index (χ1) is 10.8. The van der Waals surface area contributed by atoms with Gasteiger partial charge in [0.2, 0.25) is 5.91 Å². The molecule has 0 radical (unpaired) electrons. The Morgan fingerprint density at radius 1 is 1.13 bits per heavy atom. The molecular formula is C18H29NO4. The number of carbonyl (C=O) groups is 2. The van der Waals surface area contributed by atoms with Crippen molar-refractivity contribution in [3.8, 4) is 5.75 Å². The molecule has 0 fully saturated rings. The Morgan fingerprint density at radius 2 is 1.70 bits per heavy atom. The first kappa shape index (κ1) is 21.0. The van der Waals surface area contributed by atoms with E-state index in [-0.39, 0.29) is 11.9 Å². The Hall–Kier alpha value is -2.04. The minimum atomic E-state index is -0.847. The lowest BCUT2D eigenvalue weighted by Crippen LogP contribution is -2.53. The number of methoxy groups -OCH3 is 2. The van der Waals surface area contributed by atoms with Gasteiger partial charge in [-0.2, -0.15) is 0 Å². The van der Waals surface area contributed by atoms with Crippen LogP contribution >= 0.6 is 0 Å². The zero-order valence-corrected chi connectivity index (χ0v) is 15.3. The van der Waals surface area contributed by atoms with Crippen LogP contribution in [0.5, 0.6) is 5.75 Å². The van der Waals surface area contributed by atoms with Crippen LogP contribution in [0.25, 0.3) is 0 Å². The highest BCUT2D eigenvalue weighted by atomic mass is 16.5. The Morgan fingerprint density at radius 3 is 2.04 bits per heavy atom. The van der Waals surface area contributed by atoms with Crippen LogP contribution in [-0.2, 0) is 14.3 Å². The summed E-state index contributed by atoms with van der Waals surface area (Å²) in [5, 5.41) is 2.63. The van der Waals surface area contributed by atoms with E-state index in [0.717, 1.165) is 5.75 Å². The van der Waals surface area contributed by atoms with Crippen molar-refractivity contribution in [3.63, 3.8) is 0 Å². The number of hydrogen-bond donors (Lipinski definition) is 1. The lowest BCUT2D eigenvalue weighted by atomic mass is 9.93. The molecule has 0 spiro atoms. The van der Waals surface area contributed by atoms with Crippen molar-refractivity contribution in [2.45, 2.75) is 53.0 Å². The molecule has 1 rings (SSSR count). The van der Waals surface area contributed by atoms with Gasteiger partial charge in [-0.25, -0.2) is 4.79 Å². The molecule has 1 aromatic rings. The number of esters is 1. The maximum atomic E-state index is 11.4. The van der Waals surface area contributed by atoms with E-state index in [4.69, 9.17) is 4.74 Å². The number of aryl methyl sites for hydroxylation is 2. The van der Waals surface area contributed by atoms with Crippen LogP contribution in [0, 0.1) is 13.8 Å². The largest absolute Gasteiger partial charge is 0.496 e. The molecule has 5 heteroatoms. The summed E-state index contributed by atoms with van der Waals surface area (Å²) < 4.78 is 9.74. The topological polar surface area (TPSA) is 64.6 Å². The Labute approximate surface area is 139 Å². The lowest BCUT2D eigenvalue weighted by Gasteiger charge is -2.28. The molecule has 23 heavy (non-hydrogen) atoms. The van der Waals surface area contributed by atoms with E-state index < -0.39 is 5.54 Å².